The topological polar surface area (TPSA) is 41.2 Å². The summed E-state index contributed by atoms with van der Waals surface area (Å²) in [4.78, 5) is 2.62. The molecular formula is C20H27N3O. The molecule has 2 aliphatic rings. The lowest BCUT2D eigenvalue weighted by Gasteiger charge is -2.33. The van der Waals surface area contributed by atoms with Gasteiger partial charge in [-0.2, -0.15) is 5.10 Å². The lowest BCUT2D eigenvalue weighted by atomic mass is 9.89. The Kier molecular flexibility index (Phi) is 4.67. The number of hydrogen-bond acceptors (Lipinski definition) is 3. The molecule has 4 nitrogen and oxygen atoms in total. The largest absolute Gasteiger partial charge is 0.381 e. The molecule has 2 fully saturated rings. The van der Waals surface area contributed by atoms with Gasteiger partial charge in [0.25, 0.3) is 0 Å². The number of aromatic amines is 1. The van der Waals surface area contributed by atoms with Gasteiger partial charge in [-0.25, -0.2) is 0 Å². The Balaban J connectivity index is 1.42. The third-order valence-corrected chi connectivity index (χ3v) is 5.53. The molecule has 128 valence electrons. The number of piperidine rings is 1. The molecule has 0 unspecified atom stereocenters. The number of rotatable bonds is 4. The zero-order chi connectivity index (χ0) is 16.4. The number of aryl methyl sites for hydroxylation is 1. The van der Waals surface area contributed by atoms with Gasteiger partial charge in [-0.1, -0.05) is 29.8 Å². The van der Waals surface area contributed by atoms with E-state index >= 15 is 0 Å². The fraction of sp³-hybridized carbons (Fsp3) is 0.550. The minimum atomic E-state index is 0.596. The molecule has 2 aliphatic heterocycles. The maximum absolute atomic E-state index is 5.51. The van der Waals surface area contributed by atoms with E-state index < -0.39 is 0 Å². The summed E-state index contributed by atoms with van der Waals surface area (Å²) in [6.45, 7) is 7.64. The van der Waals surface area contributed by atoms with Crippen LogP contribution >= 0.6 is 0 Å². The first-order chi connectivity index (χ1) is 11.8. The van der Waals surface area contributed by atoms with Crippen LogP contribution in [0.25, 0.3) is 11.1 Å². The van der Waals surface area contributed by atoms with Gasteiger partial charge in [0.1, 0.15) is 0 Å². The highest BCUT2D eigenvalue weighted by Crippen LogP contribution is 2.34. The molecule has 3 heterocycles. The monoisotopic (exact) mass is 325 g/mol. The number of ether oxygens (including phenoxy) is 1. The van der Waals surface area contributed by atoms with Crippen molar-refractivity contribution in [2.75, 3.05) is 32.8 Å². The third kappa shape index (κ3) is 3.40. The molecule has 0 bridgehead atoms. The normalized spacial score (nSPS) is 23.0. The Morgan fingerprint density at radius 3 is 2.88 bits per heavy atom. The highest BCUT2D eigenvalue weighted by atomic mass is 16.5. The molecular weight excluding hydrogens is 298 g/mol. The minimum Gasteiger partial charge on any atom is -0.381 e. The van der Waals surface area contributed by atoms with Crippen molar-refractivity contribution in [3.8, 4) is 11.1 Å². The van der Waals surface area contributed by atoms with E-state index in [1.807, 2.05) is 6.20 Å². The second-order valence-electron chi connectivity index (χ2n) is 7.37. The fourth-order valence-electron chi connectivity index (χ4n) is 4.15. The molecule has 0 radical (unpaired) electrons. The van der Waals surface area contributed by atoms with Crippen LogP contribution < -0.4 is 0 Å². The molecule has 24 heavy (non-hydrogen) atoms. The van der Waals surface area contributed by atoms with Crippen molar-refractivity contribution in [3.63, 3.8) is 0 Å². The predicted octanol–water partition coefficient (Wildman–Crippen LogP) is 3.60. The summed E-state index contributed by atoms with van der Waals surface area (Å²) < 4.78 is 5.51. The second kappa shape index (κ2) is 7.08. The van der Waals surface area contributed by atoms with Gasteiger partial charge in [-0.3, -0.25) is 5.10 Å². The fourth-order valence-corrected chi connectivity index (χ4v) is 4.15. The highest BCUT2D eigenvalue weighted by molar-refractivity contribution is 5.66. The molecule has 2 saturated heterocycles. The van der Waals surface area contributed by atoms with E-state index in [-0.39, 0.29) is 0 Å². The SMILES string of the molecule is Cc1cccc(-c2cn[nH]c2C2CCN(C[C@@H]3CCOC3)CC2)c1. The highest BCUT2D eigenvalue weighted by Gasteiger charge is 2.26. The van der Waals surface area contributed by atoms with Crippen LogP contribution in [0.4, 0.5) is 0 Å². The van der Waals surface area contributed by atoms with Crippen LogP contribution in [0, 0.1) is 12.8 Å². The van der Waals surface area contributed by atoms with E-state index in [4.69, 9.17) is 4.74 Å². The summed E-state index contributed by atoms with van der Waals surface area (Å²) in [6.07, 6.45) is 5.66. The first-order valence-electron chi connectivity index (χ1n) is 9.20. The second-order valence-corrected chi connectivity index (χ2v) is 7.37. The Bertz CT molecular complexity index is 667. The summed E-state index contributed by atoms with van der Waals surface area (Å²) >= 11 is 0. The molecule has 1 aromatic heterocycles. The number of likely N-dealkylation sites (tertiary alicyclic amines) is 1. The summed E-state index contributed by atoms with van der Waals surface area (Å²) in [5.74, 6) is 1.34. The number of benzene rings is 1. The van der Waals surface area contributed by atoms with Gasteiger partial charge >= 0.3 is 0 Å². The van der Waals surface area contributed by atoms with Crippen LogP contribution in [-0.4, -0.2) is 47.9 Å². The predicted molar refractivity (Wildman–Crippen MR) is 96.1 cm³/mol. The quantitative estimate of drug-likeness (QED) is 0.934. The van der Waals surface area contributed by atoms with Gasteiger partial charge in [0.15, 0.2) is 0 Å². The van der Waals surface area contributed by atoms with Crippen LogP contribution in [-0.2, 0) is 4.74 Å². The Morgan fingerprint density at radius 1 is 1.25 bits per heavy atom. The van der Waals surface area contributed by atoms with Gasteiger partial charge < -0.3 is 9.64 Å². The summed E-state index contributed by atoms with van der Waals surface area (Å²) in [5.41, 5.74) is 5.18. The number of nitrogens with zero attached hydrogens (tertiary/aromatic N) is 2. The lowest BCUT2D eigenvalue weighted by Crippen LogP contribution is -2.36. The Labute approximate surface area is 144 Å². The van der Waals surface area contributed by atoms with Gasteiger partial charge in [-0.15, -0.1) is 0 Å². The van der Waals surface area contributed by atoms with Crippen LogP contribution in [0.5, 0.6) is 0 Å². The Hall–Kier alpha value is -1.65. The summed E-state index contributed by atoms with van der Waals surface area (Å²) in [5, 5.41) is 7.64. The number of aromatic nitrogens is 2. The van der Waals surface area contributed by atoms with E-state index in [2.05, 4.69) is 46.3 Å². The van der Waals surface area contributed by atoms with E-state index in [0.29, 0.717) is 5.92 Å². The average Bonchev–Trinajstić information content (AvgIpc) is 3.27. The van der Waals surface area contributed by atoms with E-state index in [1.54, 1.807) is 0 Å². The minimum absolute atomic E-state index is 0.596. The average molecular weight is 325 g/mol. The van der Waals surface area contributed by atoms with Gasteiger partial charge in [-0.05, 0) is 50.8 Å². The maximum atomic E-state index is 5.51. The van der Waals surface area contributed by atoms with Crippen molar-refractivity contribution in [1.82, 2.24) is 15.1 Å². The van der Waals surface area contributed by atoms with Crippen molar-refractivity contribution in [2.45, 2.75) is 32.1 Å². The molecule has 4 heteroatoms. The van der Waals surface area contributed by atoms with Gasteiger partial charge in [0.2, 0.25) is 0 Å². The molecule has 1 aromatic carbocycles. The van der Waals surface area contributed by atoms with Crippen molar-refractivity contribution in [2.24, 2.45) is 5.92 Å². The van der Waals surface area contributed by atoms with Crippen molar-refractivity contribution in [3.05, 3.63) is 41.7 Å². The molecule has 0 saturated carbocycles. The summed E-state index contributed by atoms with van der Waals surface area (Å²) in [6, 6.07) is 8.72. The number of nitrogens with one attached hydrogen (secondary N) is 1. The van der Waals surface area contributed by atoms with E-state index in [0.717, 1.165) is 19.1 Å². The first-order valence-corrected chi connectivity index (χ1v) is 9.20. The molecule has 0 spiro atoms. The molecule has 4 rings (SSSR count). The molecule has 0 aliphatic carbocycles. The van der Waals surface area contributed by atoms with Crippen LogP contribution in [0.2, 0.25) is 0 Å². The zero-order valence-electron chi connectivity index (χ0n) is 14.5. The smallest absolute Gasteiger partial charge is 0.0568 e. The lowest BCUT2D eigenvalue weighted by molar-refractivity contribution is 0.151. The number of H-pyrrole nitrogens is 1. The molecule has 2 aromatic rings. The zero-order valence-corrected chi connectivity index (χ0v) is 14.5. The van der Waals surface area contributed by atoms with Crippen molar-refractivity contribution in [1.29, 1.82) is 0 Å². The van der Waals surface area contributed by atoms with Gasteiger partial charge in [0, 0.05) is 30.3 Å². The molecule has 0 amide bonds. The van der Waals surface area contributed by atoms with Crippen molar-refractivity contribution < 1.29 is 4.74 Å². The third-order valence-electron chi connectivity index (χ3n) is 5.53. The van der Waals surface area contributed by atoms with Crippen LogP contribution in [0.3, 0.4) is 0 Å². The Morgan fingerprint density at radius 2 is 2.12 bits per heavy atom. The molecule has 1 atom stereocenters. The van der Waals surface area contributed by atoms with E-state index in [9.17, 15) is 0 Å². The molecule has 1 N–H and O–H groups in total. The number of hydrogen-bond donors (Lipinski definition) is 1. The summed E-state index contributed by atoms with van der Waals surface area (Å²) in [7, 11) is 0. The standard InChI is InChI=1S/C20H27N3O/c1-15-3-2-4-18(11-15)19-12-21-22-20(19)17-5-8-23(9-6-17)13-16-7-10-24-14-16/h2-4,11-12,16-17H,5-10,13-14H2,1H3,(H,21,22)/t16-/m0/s1. The first kappa shape index (κ1) is 15.9. The van der Waals surface area contributed by atoms with E-state index in [1.165, 1.54) is 61.3 Å². The van der Waals surface area contributed by atoms with Crippen molar-refractivity contribution >= 4 is 0 Å². The van der Waals surface area contributed by atoms with Gasteiger partial charge in [0.05, 0.1) is 12.8 Å². The maximum Gasteiger partial charge on any atom is 0.0568 e. The van der Waals surface area contributed by atoms with Crippen LogP contribution in [0.15, 0.2) is 30.5 Å². The van der Waals surface area contributed by atoms with Crippen LogP contribution in [0.1, 0.15) is 36.4 Å².